The van der Waals surface area contributed by atoms with E-state index in [1.807, 2.05) is 30.3 Å². The molecule has 0 aliphatic carbocycles. The van der Waals surface area contributed by atoms with Crippen molar-refractivity contribution in [2.75, 3.05) is 25.6 Å². The first-order valence-corrected chi connectivity index (χ1v) is 8.74. The van der Waals surface area contributed by atoms with Gasteiger partial charge < -0.3 is 14.8 Å². The second kappa shape index (κ2) is 6.76. The standard InChI is InChI=1S/C20H23N3O2/c1-14-9-10-18-22-19(16-7-3-4-8-17(16)24-2)20(23(18)13-14)21-12-15-6-5-11-25-15/h3-4,7-10,13,15,21H,5-6,11-12H2,1-2H3. The number of ether oxygens (including phenoxy) is 2. The van der Waals surface area contributed by atoms with Crippen LogP contribution in [-0.4, -0.2) is 35.8 Å². The molecule has 5 nitrogen and oxygen atoms in total. The summed E-state index contributed by atoms with van der Waals surface area (Å²) in [7, 11) is 1.69. The Labute approximate surface area is 147 Å². The highest BCUT2D eigenvalue weighted by atomic mass is 16.5. The number of rotatable bonds is 5. The topological polar surface area (TPSA) is 47.8 Å². The SMILES string of the molecule is COc1ccccc1-c1nc2ccc(C)cn2c1NCC1CCCO1. The summed E-state index contributed by atoms with van der Waals surface area (Å²) in [4.78, 5) is 4.86. The molecule has 2 aromatic heterocycles. The summed E-state index contributed by atoms with van der Waals surface area (Å²) >= 11 is 0. The third-order valence-corrected chi connectivity index (χ3v) is 4.65. The van der Waals surface area contributed by atoms with Crippen LogP contribution in [0, 0.1) is 6.92 Å². The number of pyridine rings is 1. The van der Waals surface area contributed by atoms with Crippen LogP contribution in [0.4, 0.5) is 5.82 Å². The molecular formula is C20H23N3O2. The Hall–Kier alpha value is -2.53. The normalized spacial score (nSPS) is 17.1. The number of methoxy groups -OCH3 is 1. The van der Waals surface area contributed by atoms with Gasteiger partial charge in [-0.05, 0) is 43.5 Å². The van der Waals surface area contributed by atoms with Gasteiger partial charge >= 0.3 is 0 Å². The predicted molar refractivity (Wildman–Crippen MR) is 99.4 cm³/mol. The van der Waals surface area contributed by atoms with Crippen LogP contribution in [-0.2, 0) is 4.74 Å². The highest BCUT2D eigenvalue weighted by molar-refractivity contribution is 5.80. The van der Waals surface area contributed by atoms with Gasteiger partial charge in [-0.15, -0.1) is 0 Å². The number of fused-ring (bicyclic) bond motifs is 1. The highest BCUT2D eigenvalue weighted by Gasteiger charge is 2.20. The van der Waals surface area contributed by atoms with Crippen molar-refractivity contribution >= 4 is 11.5 Å². The molecule has 1 N–H and O–H groups in total. The Balaban J connectivity index is 1.80. The minimum Gasteiger partial charge on any atom is -0.496 e. The van der Waals surface area contributed by atoms with Crippen LogP contribution in [0.2, 0.25) is 0 Å². The Morgan fingerprint density at radius 2 is 2.16 bits per heavy atom. The van der Waals surface area contributed by atoms with Crippen molar-refractivity contribution in [3.05, 3.63) is 48.2 Å². The van der Waals surface area contributed by atoms with Crippen molar-refractivity contribution in [2.24, 2.45) is 0 Å². The number of benzene rings is 1. The Bertz CT molecular complexity index is 882. The molecule has 25 heavy (non-hydrogen) atoms. The van der Waals surface area contributed by atoms with Crippen molar-refractivity contribution in [3.63, 3.8) is 0 Å². The first-order chi connectivity index (χ1) is 12.3. The van der Waals surface area contributed by atoms with Crippen molar-refractivity contribution in [1.29, 1.82) is 0 Å². The maximum Gasteiger partial charge on any atom is 0.139 e. The minimum atomic E-state index is 0.265. The fourth-order valence-corrected chi connectivity index (χ4v) is 3.36. The van der Waals surface area contributed by atoms with Gasteiger partial charge in [0.2, 0.25) is 0 Å². The van der Waals surface area contributed by atoms with E-state index in [4.69, 9.17) is 14.5 Å². The van der Waals surface area contributed by atoms with Crippen LogP contribution >= 0.6 is 0 Å². The molecule has 4 rings (SSSR count). The quantitative estimate of drug-likeness (QED) is 0.767. The molecule has 0 radical (unpaired) electrons. The van der Waals surface area contributed by atoms with E-state index in [1.165, 1.54) is 5.56 Å². The molecule has 1 atom stereocenters. The number of nitrogens with zero attached hydrogens (tertiary/aromatic N) is 2. The van der Waals surface area contributed by atoms with Crippen LogP contribution in [0.15, 0.2) is 42.6 Å². The molecule has 0 spiro atoms. The van der Waals surface area contributed by atoms with Crippen molar-refractivity contribution < 1.29 is 9.47 Å². The highest BCUT2D eigenvalue weighted by Crippen LogP contribution is 2.35. The summed E-state index contributed by atoms with van der Waals surface area (Å²) < 4.78 is 13.4. The summed E-state index contributed by atoms with van der Waals surface area (Å²) in [6, 6.07) is 12.1. The fraction of sp³-hybridized carbons (Fsp3) is 0.350. The number of hydrogen-bond donors (Lipinski definition) is 1. The number of anilines is 1. The monoisotopic (exact) mass is 337 g/mol. The Kier molecular flexibility index (Phi) is 4.32. The van der Waals surface area contributed by atoms with Gasteiger partial charge in [-0.25, -0.2) is 4.98 Å². The molecule has 3 aromatic rings. The summed E-state index contributed by atoms with van der Waals surface area (Å²) in [5, 5.41) is 3.58. The smallest absolute Gasteiger partial charge is 0.139 e. The van der Waals surface area contributed by atoms with Gasteiger partial charge in [0.05, 0.1) is 13.2 Å². The van der Waals surface area contributed by atoms with E-state index in [0.29, 0.717) is 0 Å². The summed E-state index contributed by atoms with van der Waals surface area (Å²) in [5.41, 5.74) is 4.00. The number of aromatic nitrogens is 2. The van der Waals surface area contributed by atoms with Gasteiger partial charge in [-0.3, -0.25) is 4.40 Å². The molecule has 1 aromatic carbocycles. The third-order valence-electron chi connectivity index (χ3n) is 4.65. The molecule has 3 heterocycles. The van der Waals surface area contributed by atoms with Gasteiger partial charge in [0.15, 0.2) is 0 Å². The van der Waals surface area contributed by atoms with Crippen LogP contribution in [0.5, 0.6) is 5.75 Å². The molecule has 0 bridgehead atoms. The summed E-state index contributed by atoms with van der Waals surface area (Å²) in [6.07, 6.45) is 4.62. The van der Waals surface area contributed by atoms with Gasteiger partial charge in [0.1, 0.15) is 22.9 Å². The molecule has 1 fully saturated rings. The average molecular weight is 337 g/mol. The first-order valence-electron chi connectivity index (χ1n) is 8.74. The van der Waals surface area contributed by atoms with Crippen molar-refractivity contribution in [1.82, 2.24) is 9.38 Å². The maximum absolute atomic E-state index is 5.76. The maximum atomic E-state index is 5.76. The number of imidazole rings is 1. The zero-order chi connectivity index (χ0) is 17.2. The number of nitrogens with one attached hydrogen (secondary N) is 1. The lowest BCUT2D eigenvalue weighted by Gasteiger charge is -2.14. The van der Waals surface area contributed by atoms with E-state index in [-0.39, 0.29) is 6.10 Å². The molecule has 1 saturated heterocycles. The van der Waals surface area contributed by atoms with Crippen LogP contribution in [0.25, 0.3) is 16.9 Å². The van der Waals surface area contributed by atoms with E-state index < -0.39 is 0 Å². The minimum absolute atomic E-state index is 0.265. The molecule has 0 amide bonds. The molecule has 1 unspecified atom stereocenters. The van der Waals surface area contributed by atoms with Crippen molar-refractivity contribution in [3.8, 4) is 17.0 Å². The Morgan fingerprint density at radius 1 is 1.28 bits per heavy atom. The zero-order valence-electron chi connectivity index (χ0n) is 14.7. The van der Waals surface area contributed by atoms with E-state index in [2.05, 4.69) is 28.9 Å². The molecule has 130 valence electrons. The van der Waals surface area contributed by atoms with Crippen LogP contribution < -0.4 is 10.1 Å². The molecular weight excluding hydrogens is 314 g/mol. The van der Waals surface area contributed by atoms with Gasteiger partial charge in [0.25, 0.3) is 0 Å². The van der Waals surface area contributed by atoms with E-state index in [1.54, 1.807) is 7.11 Å². The van der Waals surface area contributed by atoms with Gasteiger partial charge in [-0.1, -0.05) is 18.2 Å². The molecule has 0 saturated carbocycles. The molecule has 1 aliphatic rings. The lowest BCUT2D eigenvalue weighted by atomic mass is 10.1. The van der Waals surface area contributed by atoms with E-state index in [9.17, 15) is 0 Å². The molecule has 5 heteroatoms. The lowest BCUT2D eigenvalue weighted by Crippen LogP contribution is -2.19. The lowest BCUT2D eigenvalue weighted by molar-refractivity contribution is 0.120. The molecule has 1 aliphatic heterocycles. The summed E-state index contributed by atoms with van der Waals surface area (Å²) in [6.45, 7) is 3.73. The second-order valence-corrected chi connectivity index (χ2v) is 6.46. The van der Waals surface area contributed by atoms with Crippen LogP contribution in [0.3, 0.4) is 0 Å². The largest absolute Gasteiger partial charge is 0.496 e. The zero-order valence-corrected chi connectivity index (χ0v) is 14.7. The number of para-hydroxylation sites is 1. The number of aryl methyl sites for hydroxylation is 1. The van der Waals surface area contributed by atoms with Gasteiger partial charge in [0, 0.05) is 24.9 Å². The Morgan fingerprint density at radius 3 is 2.96 bits per heavy atom. The van der Waals surface area contributed by atoms with E-state index in [0.717, 1.165) is 54.5 Å². The number of hydrogen-bond acceptors (Lipinski definition) is 4. The predicted octanol–water partition coefficient (Wildman–Crippen LogP) is 3.91. The second-order valence-electron chi connectivity index (χ2n) is 6.46. The summed E-state index contributed by atoms with van der Waals surface area (Å²) in [5.74, 6) is 1.81. The first kappa shape index (κ1) is 16.0. The average Bonchev–Trinajstić information content (AvgIpc) is 3.27. The van der Waals surface area contributed by atoms with Crippen LogP contribution in [0.1, 0.15) is 18.4 Å². The fourth-order valence-electron chi connectivity index (χ4n) is 3.36. The van der Waals surface area contributed by atoms with Crippen molar-refractivity contribution in [2.45, 2.75) is 25.9 Å². The van der Waals surface area contributed by atoms with E-state index >= 15 is 0 Å². The third kappa shape index (κ3) is 3.07. The van der Waals surface area contributed by atoms with Gasteiger partial charge in [-0.2, -0.15) is 0 Å².